The lowest BCUT2D eigenvalue weighted by Gasteiger charge is -2.05. The van der Waals surface area contributed by atoms with Crippen LogP contribution in [0.15, 0.2) is 54.6 Å². The van der Waals surface area contributed by atoms with Crippen LogP contribution in [0.2, 0.25) is 13.1 Å². The molecular weight excluding hydrogens is 196 g/mol. The first-order valence-electron chi connectivity index (χ1n) is 5.23. The van der Waals surface area contributed by atoms with Crippen LogP contribution in [0, 0.1) is 0 Å². The van der Waals surface area contributed by atoms with Crippen LogP contribution < -0.4 is 5.19 Å². The van der Waals surface area contributed by atoms with E-state index in [1.54, 1.807) is 0 Å². The Morgan fingerprint density at radius 3 is 1.73 bits per heavy atom. The fourth-order valence-corrected chi connectivity index (χ4v) is 2.46. The lowest BCUT2D eigenvalue weighted by atomic mass is 10.1. The Morgan fingerprint density at radius 2 is 1.20 bits per heavy atom. The minimum absolute atomic E-state index is 0.310. The number of hydrogen-bond acceptors (Lipinski definition) is 0. The van der Waals surface area contributed by atoms with Crippen molar-refractivity contribution in [2.45, 2.75) is 13.1 Å². The summed E-state index contributed by atoms with van der Waals surface area (Å²) in [5.74, 6) is 0. The van der Waals surface area contributed by atoms with Crippen LogP contribution in [-0.2, 0) is 0 Å². The van der Waals surface area contributed by atoms with Gasteiger partial charge in [0.2, 0.25) is 0 Å². The van der Waals surface area contributed by atoms with Gasteiger partial charge in [-0.05, 0) is 11.1 Å². The maximum Gasteiger partial charge on any atom is 0.0791 e. The van der Waals surface area contributed by atoms with Crippen molar-refractivity contribution >= 4 is 14.0 Å². The molecule has 1 radical (unpaired) electrons. The van der Waals surface area contributed by atoms with Crippen molar-refractivity contribution in [1.82, 2.24) is 0 Å². The number of rotatable bonds is 2. The first-order valence-corrected chi connectivity index (χ1v) is 7.73. The summed E-state index contributed by atoms with van der Waals surface area (Å²) in [4.78, 5) is 0. The third-order valence-electron chi connectivity index (χ3n) is 2.57. The van der Waals surface area contributed by atoms with Gasteiger partial charge < -0.3 is 0 Å². The fourth-order valence-electron chi connectivity index (χ4n) is 1.63. The van der Waals surface area contributed by atoms with E-state index in [2.05, 4.69) is 67.7 Å². The van der Waals surface area contributed by atoms with Crippen molar-refractivity contribution in [3.63, 3.8) is 0 Å². The molecule has 0 amide bonds. The Hall–Kier alpha value is -1.34. The zero-order chi connectivity index (χ0) is 10.7. The van der Waals surface area contributed by atoms with E-state index < -0.39 is 0 Å². The van der Waals surface area contributed by atoms with Gasteiger partial charge >= 0.3 is 0 Å². The smallest absolute Gasteiger partial charge is 0.0671 e. The second-order valence-corrected chi connectivity index (χ2v) is 6.52. The summed E-state index contributed by atoms with van der Waals surface area (Å²) in [5, 5.41) is 1.50. The highest BCUT2D eigenvalue weighted by atomic mass is 28.3. The first-order chi connectivity index (χ1) is 7.27. The largest absolute Gasteiger partial charge is 0.0791 e. The summed E-state index contributed by atoms with van der Waals surface area (Å²) >= 11 is 0. The van der Waals surface area contributed by atoms with Crippen molar-refractivity contribution in [2.75, 3.05) is 0 Å². The Kier molecular flexibility index (Phi) is 3.02. The lowest BCUT2D eigenvalue weighted by molar-refractivity contribution is 1.63. The van der Waals surface area contributed by atoms with Gasteiger partial charge in [-0.3, -0.25) is 0 Å². The van der Waals surface area contributed by atoms with Gasteiger partial charge in [0.25, 0.3) is 0 Å². The molecule has 2 aromatic rings. The standard InChI is InChI=1S/C14H15Si/c1-15(2)14-10-8-13(9-11-14)12-6-4-3-5-7-12/h3-11H,1-2H3. The Balaban J connectivity index is 2.32. The highest BCUT2D eigenvalue weighted by molar-refractivity contribution is 6.70. The molecule has 75 valence electrons. The molecule has 0 saturated carbocycles. The molecule has 0 N–H and O–H groups in total. The van der Waals surface area contributed by atoms with E-state index >= 15 is 0 Å². The third kappa shape index (κ3) is 2.36. The molecule has 0 aliphatic carbocycles. The maximum atomic E-state index is 2.32. The van der Waals surface area contributed by atoms with Gasteiger partial charge in [0.15, 0.2) is 0 Å². The summed E-state index contributed by atoms with van der Waals surface area (Å²) in [6.45, 7) is 4.64. The molecule has 0 spiro atoms. The molecule has 0 saturated heterocycles. The van der Waals surface area contributed by atoms with E-state index in [9.17, 15) is 0 Å². The van der Waals surface area contributed by atoms with Crippen LogP contribution in [0.3, 0.4) is 0 Å². The monoisotopic (exact) mass is 211 g/mol. The normalized spacial score (nSPS) is 10.6. The third-order valence-corrected chi connectivity index (χ3v) is 4.06. The summed E-state index contributed by atoms with van der Waals surface area (Å²) in [5.41, 5.74) is 2.60. The second-order valence-electron chi connectivity index (χ2n) is 3.94. The van der Waals surface area contributed by atoms with E-state index in [1.807, 2.05) is 0 Å². The molecule has 0 nitrogen and oxygen atoms in total. The van der Waals surface area contributed by atoms with Crippen LogP contribution in [0.1, 0.15) is 0 Å². The molecule has 1 heteroatoms. The molecule has 15 heavy (non-hydrogen) atoms. The summed E-state index contributed by atoms with van der Waals surface area (Å²) in [6, 6.07) is 19.5. The van der Waals surface area contributed by atoms with Crippen LogP contribution >= 0.6 is 0 Å². The lowest BCUT2D eigenvalue weighted by Crippen LogP contribution is -2.21. The van der Waals surface area contributed by atoms with Crippen LogP contribution in [-0.4, -0.2) is 8.80 Å². The SMILES string of the molecule is C[Si](C)c1ccc(-c2ccccc2)cc1. The Morgan fingerprint density at radius 1 is 0.667 bits per heavy atom. The van der Waals surface area contributed by atoms with Gasteiger partial charge in [0.05, 0.1) is 8.80 Å². The number of hydrogen-bond donors (Lipinski definition) is 0. The van der Waals surface area contributed by atoms with E-state index in [4.69, 9.17) is 0 Å². The highest BCUT2D eigenvalue weighted by Gasteiger charge is 2.01. The molecule has 0 fully saturated rings. The molecule has 0 aromatic heterocycles. The first kappa shape index (κ1) is 10.2. The van der Waals surface area contributed by atoms with Crippen molar-refractivity contribution in [3.8, 4) is 11.1 Å². The van der Waals surface area contributed by atoms with Crippen molar-refractivity contribution in [3.05, 3.63) is 54.6 Å². The average molecular weight is 211 g/mol. The predicted molar refractivity (Wildman–Crippen MR) is 69.0 cm³/mol. The molecule has 0 bridgehead atoms. The Labute approximate surface area is 93.2 Å². The van der Waals surface area contributed by atoms with Crippen LogP contribution in [0.25, 0.3) is 11.1 Å². The molecule has 0 aliphatic heterocycles. The molecule has 0 aliphatic rings. The van der Waals surface area contributed by atoms with Crippen molar-refractivity contribution in [2.24, 2.45) is 0 Å². The minimum Gasteiger partial charge on any atom is -0.0671 e. The molecule has 2 rings (SSSR count). The van der Waals surface area contributed by atoms with Gasteiger partial charge in [-0.1, -0.05) is 72.9 Å². The van der Waals surface area contributed by atoms with Crippen molar-refractivity contribution in [1.29, 1.82) is 0 Å². The minimum atomic E-state index is -0.310. The highest BCUT2D eigenvalue weighted by Crippen LogP contribution is 2.17. The quantitative estimate of drug-likeness (QED) is 0.669. The van der Waals surface area contributed by atoms with E-state index in [1.165, 1.54) is 16.3 Å². The van der Waals surface area contributed by atoms with Crippen LogP contribution in [0.4, 0.5) is 0 Å². The zero-order valence-corrected chi connectivity index (χ0v) is 10.2. The maximum absolute atomic E-state index is 2.32. The molecule has 0 atom stereocenters. The Bertz CT molecular complexity index is 415. The van der Waals surface area contributed by atoms with Gasteiger partial charge in [0.1, 0.15) is 0 Å². The molecule has 2 aromatic carbocycles. The number of benzene rings is 2. The van der Waals surface area contributed by atoms with Crippen LogP contribution in [0.5, 0.6) is 0 Å². The molecule has 0 heterocycles. The van der Waals surface area contributed by atoms with E-state index in [-0.39, 0.29) is 8.80 Å². The van der Waals surface area contributed by atoms with Gasteiger partial charge in [-0.15, -0.1) is 0 Å². The predicted octanol–water partition coefficient (Wildman–Crippen LogP) is 3.32. The summed E-state index contributed by atoms with van der Waals surface area (Å²) in [7, 11) is -0.310. The topological polar surface area (TPSA) is 0 Å². The van der Waals surface area contributed by atoms with Gasteiger partial charge in [-0.25, -0.2) is 0 Å². The van der Waals surface area contributed by atoms with Crippen molar-refractivity contribution < 1.29 is 0 Å². The fraction of sp³-hybridized carbons (Fsp3) is 0.143. The van der Waals surface area contributed by atoms with E-state index in [0.717, 1.165) is 0 Å². The molecular formula is C14H15Si. The van der Waals surface area contributed by atoms with Gasteiger partial charge in [-0.2, -0.15) is 0 Å². The zero-order valence-electron chi connectivity index (χ0n) is 9.20. The summed E-state index contributed by atoms with van der Waals surface area (Å²) in [6.07, 6.45) is 0. The second kappa shape index (κ2) is 4.45. The summed E-state index contributed by atoms with van der Waals surface area (Å²) < 4.78 is 0. The van der Waals surface area contributed by atoms with E-state index in [0.29, 0.717) is 0 Å². The molecule has 0 unspecified atom stereocenters. The van der Waals surface area contributed by atoms with Gasteiger partial charge in [0, 0.05) is 0 Å². The average Bonchev–Trinajstić information content (AvgIpc) is 2.30.